The van der Waals surface area contributed by atoms with Crippen LogP contribution >= 0.6 is 0 Å². The van der Waals surface area contributed by atoms with E-state index in [4.69, 9.17) is 23.1 Å². The summed E-state index contributed by atoms with van der Waals surface area (Å²) in [4.78, 5) is 4.39. The Bertz CT molecular complexity index is 794. The minimum atomic E-state index is -1.05. The summed E-state index contributed by atoms with van der Waals surface area (Å²) in [6.07, 6.45) is 0. The molecule has 4 nitrogen and oxygen atoms in total. The highest BCUT2D eigenvalue weighted by atomic mass is 19.1. The SMILES string of the molecule is [B]c1cccc(C2(c3ccc(OC)c(C)c3)COC(N)=N2)c1F. The number of nitrogens with zero attached hydrogens (tertiary/aromatic N) is 1. The Morgan fingerprint density at radius 3 is 2.74 bits per heavy atom. The maximum absolute atomic E-state index is 14.6. The molecule has 0 saturated heterocycles. The minimum Gasteiger partial charge on any atom is -0.496 e. The van der Waals surface area contributed by atoms with E-state index in [1.165, 1.54) is 6.07 Å². The fourth-order valence-electron chi connectivity index (χ4n) is 2.88. The van der Waals surface area contributed by atoms with Gasteiger partial charge in [0.15, 0.2) is 5.54 Å². The van der Waals surface area contributed by atoms with Crippen molar-refractivity contribution in [1.29, 1.82) is 0 Å². The maximum Gasteiger partial charge on any atom is 0.283 e. The van der Waals surface area contributed by atoms with Gasteiger partial charge in [0.25, 0.3) is 6.02 Å². The summed E-state index contributed by atoms with van der Waals surface area (Å²) in [5.74, 6) is 0.232. The van der Waals surface area contributed by atoms with Crippen molar-refractivity contribution < 1.29 is 13.9 Å². The molecule has 3 rings (SSSR count). The smallest absolute Gasteiger partial charge is 0.283 e. The quantitative estimate of drug-likeness (QED) is 0.875. The summed E-state index contributed by atoms with van der Waals surface area (Å²) in [5, 5.41) is 0. The third kappa shape index (κ3) is 2.44. The van der Waals surface area contributed by atoms with Crippen molar-refractivity contribution in [3.8, 4) is 5.75 Å². The van der Waals surface area contributed by atoms with E-state index in [1.54, 1.807) is 19.2 Å². The molecule has 1 aliphatic rings. The van der Waals surface area contributed by atoms with Crippen LogP contribution in [-0.4, -0.2) is 27.6 Å². The number of hydrogen-bond donors (Lipinski definition) is 1. The van der Waals surface area contributed by atoms with E-state index in [-0.39, 0.29) is 18.1 Å². The Kier molecular flexibility index (Phi) is 3.76. The second-order valence-corrected chi connectivity index (χ2v) is 5.49. The molecule has 0 aromatic heterocycles. The fraction of sp³-hybridized carbons (Fsp3) is 0.235. The lowest BCUT2D eigenvalue weighted by Gasteiger charge is -2.27. The molecule has 2 aromatic carbocycles. The lowest BCUT2D eigenvalue weighted by Crippen LogP contribution is -2.31. The first-order valence-corrected chi connectivity index (χ1v) is 7.15. The molecule has 1 unspecified atom stereocenters. The molecular formula is C17H16BFN2O2. The highest BCUT2D eigenvalue weighted by molar-refractivity contribution is 6.32. The largest absolute Gasteiger partial charge is 0.496 e. The zero-order valence-corrected chi connectivity index (χ0v) is 13.0. The van der Waals surface area contributed by atoms with Crippen molar-refractivity contribution in [2.45, 2.75) is 12.5 Å². The highest BCUT2D eigenvalue weighted by Crippen LogP contribution is 2.39. The fourth-order valence-corrected chi connectivity index (χ4v) is 2.88. The van der Waals surface area contributed by atoms with Crippen molar-refractivity contribution in [1.82, 2.24) is 0 Å². The molecule has 6 heteroatoms. The van der Waals surface area contributed by atoms with E-state index in [1.807, 2.05) is 25.1 Å². The Labute approximate surface area is 135 Å². The zero-order chi connectivity index (χ0) is 16.6. The van der Waals surface area contributed by atoms with Gasteiger partial charge in [-0.25, -0.2) is 9.38 Å². The van der Waals surface area contributed by atoms with Crippen LogP contribution in [0.5, 0.6) is 5.75 Å². The topological polar surface area (TPSA) is 56.8 Å². The Morgan fingerprint density at radius 2 is 2.13 bits per heavy atom. The third-order valence-electron chi connectivity index (χ3n) is 4.08. The summed E-state index contributed by atoms with van der Waals surface area (Å²) >= 11 is 0. The monoisotopic (exact) mass is 310 g/mol. The number of amidine groups is 1. The van der Waals surface area contributed by atoms with Gasteiger partial charge in [-0.2, -0.15) is 0 Å². The Hall–Kier alpha value is -2.50. The normalized spacial score (nSPS) is 20.0. The lowest BCUT2D eigenvalue weighted by molar-refractivity contribution is 0.275. The second-order valence-electron chi connectivity index (χ2n) is 5.49. The molecule has 0 amide bonds. The van der Waals surface area contributed by atoms with Gasteiger partial charge >= 0.3 is 0 Å². The highest BCUT2D eigenvalue weighted by Gasteiger charge is 2.42. The average Bonchev–Trinajstić information content (AvgIpc) is 2.93. The number of hydrogen-bond acceptors (Lipinski definition) is 4. The molecule has 2 aromatic rings. The van der Waals surface area contributed by atoms with Crippen LogP contribution in [-0.2, 0) is 10.3 Å². The van der Waals surface area contributed by atoms with E-state index < -0.39 is 11.4 Å². The van der Waals surface area contributed by atoms with Gasteiger partial charge in [-0.15, -0.1) is 0 Å². The predicted octanol–water partition coefficient (Wildman–Crippen LogP) is 1.53. The molecule has 1 heterocycles. The number of ether oxygens (including phenoxy) is 2. The molecule has 0 aliphatic carbocycles. The molecule has 1 aliphatic heterocycles. The van der Waals surface area contributed by atoms with E-state index >= 15 is 0 Å². The van der Waals surface area contributed by atoms with Crippen LogP contribution in [0, 0.1) is 12.7 Å². The van der Waals surface area contributed by atoms with Crippen molar-refractivity contribution in [3.63, 3.8) is 0 Å². The first-order chi connectivity index (χ1) is 11.0. The summed E-state index contributed by atoms with van der Waals surface area (Å²) in [5.41, 5.74) is 6.74. The lowest BCUT2D eigenvalue weighted by atomic mass is 9.80. The van der Waals surface area contributed by atoms with Gasteiger partial charge in [0, 0.05) is 5.56 Å². The molecule has 2 radical (unpaired) electrons. The standard InChI is InChI=1S/C17H16BFN2O2/c1-10-8-11(6-7-14(10)22-2)17(9-23-16(20)21-17)12-4-3-5-13(18)15(12)19/h3-8H,9H2,1-2H3,(H2,20,21). The number of benzene rings is 2. The molecule has 2 N–H and O–H groups in total. The Morgan fingerprint density at radius 1 is 1.35 bits per heavy atom. The Balaban J connectivity index is 2.23. The molecule has 23 heavy (non-hydrogen) atoms. The molecule has 0 spiro atoms. The van der Waals surface area contributed by atoms with E-state index in [9.17, 15) is 4.39 Å². The number of aliphatic imine (C=N–C) groups is 1. The van der Waals surface area contributed by atoms with Crippen molar-refractivity contribution in [2.75, 3.05) is 13.7 Å². The second kappa shape index (κ2) is 5.61. The van der Waals surface area contributed by atoms with Gasteiger partial charge in [0.1, 0.15) is 26.0 Å². The maximum atomic E-state index is 14.6. The first-order valence-electron chi connectivity index (χ1n) is 7.15. The molecule has 0 bridgehead atoms. The van der Waals surface area contributed by atoms with Crippen LogP contribution in [0.4, 0.5) is 4.39 Å². The predicted molar refractivity (Wildman–Crippen MR) is 87.9 cm³/mol. The number of aryl methyl sites for hydroxylation is 1. The average molecular weight is 310 g/mol. The van der Waals surface area contributed by atoms with Gasteiger partial charge in [-0.1, -0.05) is 29.7 Å². The molecule has 0 saturated carbocycles. The van der Waals surface area contributed by atoms with Crippen LogP contribution in [0.3, 0.4) is 0 Å². The molecule has 116 valence electrons. The number of halogens is 1. The number of rotatable bonds is 3. The van der Waals surface area contributed by atoms with Crippen LogP contribution < -0.4 is 15.9 Å². The van der Waals surface area contributed by atoms with E-state index in [0.717, 1.165) is 16.9 Å². The number of nitrogens with two attached hydrogens (primary N) is 1. The van der Waals surface area contributed by atoms with Gasteiger partial charge < -0.3 is 15.2 Å². The third-order valence-corrected chi connectivity index (χ3v) is 4.08. The first kappa shape index (κ1) is 15.4. The molecular weight excluding hydrogens is 294 g/mol. The summed E-state index contributed by atoms with van der Waals surface area (Å²) in [7, 11) is 7.32. The van der Waals surface area contributed by atoms with Crippen molar-refractivity contribution in [3.05, 3.63) is 58.9 Å². The van der Waals surface area contributed by atoms with Gasteiger partial charge in [0.2, 0.25) is 0 Å². The van der Waals surface area contributed by atoms with Crippen LogP contribution in [0.2, 0.25) is 0 Å². The van der Waals surface area contributed by atoms with Crippen molar-refractivity contribution >= 4 is 19.3 Å². The zero-order valence-electron chi connectivity index (χ0n) is 13.0. The van der Waals surface area contributed by atoms with Gasteiger partial charge in [-0.05, 0) is 30.2 Å². The molecule has 0 fully saturated rings. The summed E-state index contributed by atoms with van der Waals surface area (Å²) in [6, 6.07) is 10.4. The van der Waals surface area contributed by atoms with E-state index in [2.05, 4.69) is 4.99 Å². The van der Waals surface area contributed by atoms with E-state index in [0.29, 0.717) is 5.56 Å². The molecule has 1 atom stereocenters. The summed E-state index contributed by atoms with van der Waals surface area (Å²) in [6.45, 7) is 2.03. The van der Waals surface area contributed by atoms with Crippen molar-refractivity contribution in [2.24, 2.45) is 10.7 Å². The van der Waals surface area contributed by atoms with Crippen LogP contribution in [0.25, 0.3) is 0 Å². The number of methoxy groups -OCH3 is 1. The van der Waals surface area contributed by atoms with Crippen LogP contribution in [0.1, 0.15) is 16.7 Å². The van der Waals surface area contributed by atoms with Crippen LogP contribution in [0.15, 0.2) is 41.4 Å². The van der Waals surface area contributed by atoms with Gasteiger partial charge in [-0.3, -0.25) is 0 Å². The summed E-state index contributed by atoms with van der Waals surface area (Å²) < 4.78 is 25.3. The minimum absolute atomic E-state index is 0.0281. The van der Waals surface area contributed by atoms with Gasteiger partial charge in [0.05, 0.1) is 7.11 Å².